The second-order valence-electron chi connectivity index (χ2n) is 7.55. The number of para-hydroxylation sites is 1. The van der Waals surface area contributed by atoms with E-state index in [0.29, 0.717) is 11.3 Å². The fourth-order valence-corrected chi connectivity index (χ4v) is 4.14. The van der Waals surface area contributed by atoms with E-state index < -0.39 is 24.2 Å². The van der Waals surface area contributed by atoms with Crippen LogP contribution in [0.5, 0.6) is 0 Å². The second kappa shape index (κ2) is 9.85. The zero-order chi connectivity index (χ0) is 25.2. The fourth-order valence-electron chi connectivity index (χ4n) is 3.45. The van der Waals surface area contributed by atoms with E-state index in [1.54, 1.807) is 30.3 Å². The zero-order valence-corrected chi connectivity index (χ0v) is 19.9. The van der Waals surface area contributed by atoms with Crippen molar-refractivity contribution in [2.75, 3.05) is 10.7 Å². The molecular weight excluding hydrogens is 528 g/mol. The molecule has 4 rings (SSSR count). The van der Waals surface area contributed by atoms with Gasteiger partial charge in [0.05, 0.1) is 16.4 Å². The van der Waals surface area contributed by atoms with Crippen LogP contribution in [0.4, 0.5) is 29.3 Å². The highest BCUT2D eigenvalue weighted by molar-refractivity contribution is 6.34. The number of hydrogen-bond donors (Lipinski definition) is 3. The summed E-state index contributed by atoms with van der Waals surface area (Å²) < 4.78 is 42.6. The van der Waals surface area contributed by atoms with Gasteiger partial charge in [-0.3, -0.25) is 10.9 Å². The summed E-state index contributed by atoms with van der Waals surface area (Å²) in [6.07, 6.45) is -5.45. The van der Waals surface area contributed by atoms with Gasteiger partial charge in [0.1, 0.15) is 0 Å². The van der Waals surface area contributed by atoms with Crippen LogP contribution in [0.3, 0.4) is 0 Å². The Balaban J connectivity index is 1.53. The maximum atomic E-state index is 14.2. The maximum Gasteiger partial charge on any atom is 0.435 e. The number of anilines is 2. The lowest BCUT2D eigenvalue weighted by molar-refractivity contribution is -0.275. The first-order chi connectivity index (χ1) is 16.6. The van der Waals surface area contributed by atoms with Gasteiger partial charge in [-0.15, -0.1) is 0 Å². The molecule has 12 heteroatoms. The molecule has 0 saturated heterocycles. The van der Waals surface area contributed by atoms with Crippen LogP contribution in [0.2, 0.25) is 15.1 Å². The van der Waals surface area contributed by atoms with Crippen molar-refractivity contribution in [2.24, 2.45) is 5.16 Å². The number of hydrogen-bond acceptors (Lipinski definition) is 4. The Hall–Kier alpha value is -3.14. The van der Waals surface area contributed by atoms with Crippen LogP contribution in [0, 0.1) is 0 Å². The Morgan fingerprint density at radius 1 is 0.971 bits per heavy atom. The molecule has 1 aliphatic heterocycles. The molecule has 0 aliphatic carbocycles. The lowest BCUT2D eigenvalue weighted by Crippen LogP contribution is -2.42. The van der Waals surface area contributed by atoms with Gasteiger partial charge in [0.2, 0.25) is 0 Å². The van der Waals surface area contributed by atoms with Gasteiger partial charge in [-0.1, -0.05) is 64.2 Å². The molecule has 0 bridgehead atoms. The number of rotatable bonds is 5. The van der Waals surface area contributed by atoms with Gasteiger partial charge in [-0.2, -0.15) is 13.2 Å². The molecule has 2 amide bonds. The monoisotopic (exact) mass is 542 g/mol. The molecule has 3 N–H and O–H groups in total. The molecule has 0 spiro atoms. The van der Waals surface area contributed by atoms with Crippen molar-refractivity contribution in [3.8, 4) is 0 Å². The molecular formula is C23H16Cl3F3N4O2. The Labute approximate surface area is 213 Å². The predicted octanol–water partition coefficient (Wildman–Crippen LogP) is 7.38. The first kappa shape index (κ1) is 25.0. The molecule has 1 heterocycles. The first-order valence-electron chi connectivity index (χ1n) is 10.0. The van der Waals surface area contributed by atoms with Gasteiger partial charge in [0.15, 0.2) is 0 Å². The van der Waals surface area contributed by atoms with E-state index in [0.717, 1.165) is 12.1 Å². The molecule has 182 valence electrons. The Bertz CT molecular complexity index is 1270. The van der Waals surface area contributed by atoms with Gasteiger partial charge in [0.25, 0.3) is 5.60 Å². The summed E-state index contributed by atoms with van der Waals surface area (Å²) in [5.74, 6) is 0. The van der Waals surface area contributed by atoms with Crippen LogP contribution in [0.15, 0.2) is 71.9 Å². The summed E-state index contributed by atoms with van der Waals surface area (Å²) in [5, 5.41) is 6.62. The van der Waals surface area contributed by atoms with E-state index >= 15 is 0 Å². The number of carbonyl (C=O) groups excluding carboxylic acids is 1. The van der Waals surface area contributed by atoms with E-state index in [-0.39, 0.29) is 32.0 Å². The van der Waals surface area contributed by atoms with Crippen molar-refractivity contribution in [1.29, 1.82) is 0 Å². The van der Waals surface area contributed by atoms with E-state index in [4.69, 9.17) is 39.6 Å². The molecule has 0 fully saturated rings. The van der Waals surface area contributed by atoms with Crippen LogP contribution in [-0.4, -0.2) is 17.9 Å². The number of carbonyl (C=O) groups is 1. The minimum atomic E-state index is -4.82. The van der Waals surface area contributed by atoms with Crippen LogP contribution in [0.1, 0.15) is 17.5 Å². The summed E-state index contributed by atoms with van der Waals surface area (Å²) in [6.45, 7) is 0. The number of halogens is 6. The summed E-state index contributed by atoms with van der Waals surface area (Å²) in [5.41, 5.74) is 3.16. The van der Waals surface area contributed by atoms with Gasteiger partial charge < -0.3 is 10.2 Å². The zero-order valence-electron chi connectivity index (χ0n) is 17.6. The lowest BCUT2D eigenvalue weighted by atomic mass is 9.86. The predicted molar refractivity (Wildman–Crippen MR) is 130 cm³/mol. The SMILES string of the molecule is O=C(NNc1cc(C2=NO[C@@](c3cc(Cl)cc(Cl)c3)(C(F)(F)F)C2)ccc1Cl)Nc1ccccc1. The van der Waals surface area contributed by atoms with Crippen molar-refractivity contribution in [1.82, 2.24) is 5.43 Å². The number of amides is 2. The molecule has 1 atom stereocenters. The van der Waals surface area contributed by atoms with Crippen LogP contribution in [-0.2, 0) is 10.4 Å². The molecule has 6 nitrogen and oxygen atoms in total. The maximum absolute atomic E-state index is 14.2. The molecule has 0 aromatic heterocycles. The number of oxime groups is 1. The largest absolute Gasteiger partial charge is 0.435 e. The number of benzene rings is 3. The molecule has 3 aromatic carbocycles. The minimum Gasteiger partial charge on any atom is -0.374 e. The van der Waals surface area contributed by atoms with Crippen molar-refractivity contribution < 1.29 is 22.8 Å². The third kappa shape index (κ3) is 5.42. The molecule has 0 saturated carbocycles. The molecule has 0 unspecified atom stereocenters. The smallest absolute Gasteiger partial charge is 0.374 e. The number of nitrogens with one attached hydrogen (secondary N) is 3. The molecule has 3 aromatic rings. The minimum absolute atomic E-state index is 0.0203. The number of alkyl halides is 3. The highest BCUT2D eigenvalue weighted by atomic mass is 35.5. The lowest BCUT2D eigenvalue weighted by Gasteiger charge is -2.29. The third-order valence-electron chi connectivity index (χ3n) is 5.16. The van der Waals surface area contributed by atoms with Crippen molar-refractivity contribution >= 4 is 57.9 Å². The van der Waals surface area contributed by atoms with Crippen molar-refractivity contribution in [3.63, 3.8) is 0 Å². The highest BCUT2D eigenvalue weighted by Crippen LogP contribution is 2.49. The topological polar surface area (TPSA) is 74.8 Å². The number of urea groups is 1. The standard InChI is InChI=1S/C23H16Cl3F3N4O2/c24-15-9-14(10-16(25)11-15)22(23(27,28)29)12-20(33-35-22)13-6-7-18(26)19(8-13)31-32-21(34)30-17-4-2-1-3-5-17/h1-11,31H,12H2,(H2,30,32,34)/t22-/m0/s1. The fraction of sp³-hybridized carbons (Fsp3) is 0.130. The van der Waals surface area contributed by atoms with Crippen molar-refractivity contribution in [2.45, 2.75) is 18.2 Å². The van der Waals surface area contributed by atoms with Crippen LogP contribution >= 0.6 is 34.8 Å². The van der Waals surface area contributed by atoms with Gasteiger partial charge in [-0.25, -0.2) is 4.79 Å². The first-order valence-corrected chi connectivity index (χ1v) is 11.2. The summed E-state index contributed by atoms with van der Waals surface area (Å²) in [6, 6.07) is 16.2. The number of hydrazine groups is 1. The summed E-state index contributed by atoms with van der Waals surface area (Å²) in [4.78, 5) is 17.1. The van der Waals surface area contributed by atoms with Crippen LogP contribution in [0.25, 0.3) is 0 Å². The van der Waals surface area contributed by atoms with E-state index in [1.165, 1.54) is 24.3 Å². The second-order valence-corrected chi connectivity index (χ2v) is 8.83. The summed E-state index contributed by atoms with van der Waals surface area (Å²) in [7, 11) is 0. The Morgan fingerprint density at radius 2 is 1.66 bits per heavy atom. The quantitative estimate of drug-likeness (QED) is 0.294. The average molecular weight is 544 g/mol. The summed E-state index contributed by atoms with van der Waals surface area (Å²) >= 11 is 18.1. The third-order valence-corrected chi connectivity index (χ3v) is 5.92. The normalized spacial score (nSPS) is 17.4. The molecule has 1 aliphatic rings. The highest BCUT2D eigenvalue weighted by Gasteiger charge is 2.62. The van der Waals surface area contributed by atoms with E-state index in [2.05, 4.69) is 21.3 Å². The Kier molecular flexibility index (Phi) is 7.02. The van der Waals surface area contributed by atoms with Gasteiger partial charge >= 0.3 is 12.2 Å². The van der Waals surface area contributed by atoms with Crippen LogP contribution < -0.4 is 16.2 Å². The average Bonchev–Trinajstić information content (AvgIpc) is 3.26. The Morgan fingerprint density at radius 3 is 2.31 bits per heavy atom. The molecule has 35 heavy (non-hydrogen) atoms. The van der Waals surface area contributed by atoms with Gasteiger partial charge in [0, 0.05) is 33.3 Å². The van der Waals surface area contributed by atoms with E-state index in [9.17, 15) is 18.0 Å². The van der Waals surface area contributed by atoms with Gasteiger partial charge in [-0.05, 0) is 42.5 Å². The van der Waals surface area contributed by atoms with E-state index in [1.807, 2.05) is 0 Å². The number of nitrogens with zero attached hydrogens (tertiary/aromatic N) is 1. The van der Waals surface area contributed by atoms with Crippen molar-refractivity contribution in [3.05, 3.63) is 92.9 Å². The molecule has 0 radical (unpaired) electrons.